The minimum absolute atomic E-state index is 0.00740. The summed E-state index contributed by atoms with van der Waals surface area (Å²) in [5.41, 5.74) is 0.00740. The Morgan fingerprint density at radius 2 is 1.90 bits per heavy atom. The maximum atomic E-state index is 13.4. The molecule has 9 heteroatoms. The molecule has 0 saturated carbocycles. The van der Waals surface area contributed by atoms with E-state index in [9.17, 15) is 17.2 Å². The molecule has 0 bridgehead atoms. The van der Waals surface area contributed by atoms with Gasteiger partial charge >= 0.3 is 0 Å². The molecular weight excluding hydrogens is 345 g/mol. The number of pyridine rings is 1. The van der Waals surface area contributed by atoms with Crippen LogP contribution in [0.2, 0.25) is 10.2 Å². The minimum atomic E-state index is -3.94. The van der Waals surface area contributed by atoms with Crippen LogP contribution in [0.1, 0.15) is 5.56 Å². The molecule has 112 valence electrons. The molecule has 0 aliphatic rings. The maximum absolute atomic E-state index is 13.4. The Bertz CT molecular complexity index is 785. The van der Waals surface area contributed by atoms with Crippen molar-refractivity contribution in [2.24, 2.45) is 0 Å². The third-order valence-electron chi connectivity index (χ3n) is 2.55. The van der Waals surface area contributed by atoms with Crippen LogP contribution in [0.5, 0.6) is 0 Å². The van der Waals surface area contributed by atoms with Crippen molar-refractivity contribution >= 4 is 33.2 Å². The Hall–Kier alpha value is -1.28. The van der Waals surface area contributed by atoms with Crippen molar-refractivity contribution < 1.29 is 17.2 Å². The summed E-state index contributed by atoms with van der Waals surface area (Å²) in [6.45, 7) is -0.339. The molecule has 0 saturated heterocycles. The van der Waals surface area contributed by atoms with Crippen LogP contribution in [0, 0.1) is 11.6 Å². The van der Waals surface area contributed by atoms with E-state index in [1.807, 2.05) is 0 Å². The second kappa shape index (κ2) is 6.23. The average molecular weight is 353 g/mol. The zero-order chi connectivity index (χ0) is 15.6. The maximum Gasteiger partial charge on any atom is 0.242 e. The lowest BCUT2D eigenvalue weighted by molar-refractivity contribution is 0.562. The van der Waals surface area contributed by atoms with Crippen molar-refractivity contribution in [1.82, 2.24) is 9.71 Å². The van der Waals surface area contributed by atoms with E-state index >= 15 is 0 Å². The molecule has 0 aliphatic carbocycles. The van der Waals surface area contributed by atoms with Gasteiger partial charge in [-0.2, -0.15) is 0 Å². The summed E-state index contributed by atoms with van der Waals surface area (Å²) in [5.74, 6) is -1.59. The van der Waals surface area contributed by atoms with Crippen molar-refractivity contribution in [2.75, 3.05) is 0 Å². The molecule has 0 aliphatic heterocycles. The molecule has 1 heterocycles. The van der Waals surface area contributed by atoms with Gasteiger partial charge in [0.25, 0.3) is 0 Å². The molecule has 2 rings (SSSR count). The molecule has 1 aromatic carbocycles. The number of hydrogen-bond acceptors (Lipinski definition) is 3. The number of nitrogens with one attached hydrogen (secondary N) is 1. The average Bonchev–Trinajstić information content (AvgIpc) is 2.40. The predicted molar refractivity (Wildman–Crippen MR) is 74.6 cm³/mol. The van der Waals surface area contributed by atoms with Crippen LogP contribution in [0.4, 0.5) is 8.78 Å². The summed E-state index contributed by atoms with van der Waals surface area (Å²) in [5, 5.41) is -0.0484. The lowest BCUT2D eigenvalue weighted by atomic mass is 10.2. The summed E-state index contributed by atoms with van der Waals surface area (Å²) in [4.78, 5) is 3.41. The molecule has 21 heavy (non-hydrogen) atoms. The molecular formula is C12H8Cl2F2N2O2S. The summed E-state index contributed by atoms with van der Waals surface area (Å²) in [6.07, 6.45) is 1.03. The van der Waals surface area contributed by atoms with Gasteiger partial charge in [0.05, 0.1) is 5.02 Å². The standard InChI is InChI=1S/C12H8Cl2F2N2O2S/c13-10-4-9(6-17-12(10)14)21(19,20)18-5-7-1-2-8(15)3-11(7)16/h1-4,6,18H,5H2. The third-order valence-corrected chi connectivity index (χ3v) is 4.60. The SMILES string of the molecule is O=S(=O)(NCc1ccc(F)cc1F)c1cnc(Cl)c(Cl)c1. The third kappa shape index (κ3) is 3.88. The first kappa shape index (κ1) is 16.1. The van der Waals surface area contributed by atoms with Crippen LogP contribution < -0.4 is 4.72 Å². The molecule has 0 radical (unpaired) electrons. The van der Waals surface area contributed by atoms with E-state index in [0.29, 0.717) is 6.07 Å². The Kier molecular flexibility index (Phi) is 4.77. The molecule has 0 atom stereocenters. The van der Waals surface area contributed by atoms with Gasteiger partial charge in [-0.05, 0) is 12.1 Å². The quantitative estimate of drug-likeness (QED) is 0.860. The largest absolute Gasteiger partial charge is 0.242 e. The lowest BCUT2D eigenvalue weighted by Crippen LogP contribution is -2.24. The van der Waals surface area contributed by atoms with E-state index in [0.717, 1.165) is 24.4 Å². The Morgan fingerprint density at radius 1 is 1.19 bits per heavy atom. The van der Waals surface area contributed by atoms with Gasteiger partial charge in [0.1, 0.15) is 21.7 Å². The van der Waals surface area contributed by atoms with Gasteiger partial charge in [-0.3, -0.25) is 0 Å². The Labute approximate surface area is 129 Å². The molecule has 4 nitrogen and oxygen atoms in total. The fourth-order valence-electron chi connectivity index (χ4n) is 1.47. The molecule has 0 fully saturated rings. The molecule has 0 spiro atoms. The van der Waals surface area contributed by atoms with Crippen molar-refractivity contribution in [1.29, 1.82) is 0 Å². The van der Waals surface area contributed by atoms with Crippen LogP contribution in [0.3, 0.4) is 0 Å². The van der Waals surface area contributed by atoms with E-state index in [4.69, 9.17) is 23.2 Å². The van der Waals surface area contributed by atoms with Crippen LogP contribution >= 0.6 is 23.2 Å². The fraction of sp³-hybridized carbons (Fsp3) is 0.0833. The number of sulfonamides is 1. The van der Waals surface area contributed by atoms with Crippen LogP contribution in [-0.2, 0) is 16.6 Å². The minimum Gasteiger partial charge on any atom is -0.242 e. The lowest BCUT2D eigenvalue weighted by Gasteiger charge is -2.08. The first-order valence-corrected chi connectivity index (χ1v) is 7.78. The Morgan fingerprint density at radius 3 is 2.52 bits per heavy atom. The highest BCUT2D eigenvalue weighted by Crippen LogP contribution is 2.22. The van der Waals surface area contributed by atoms with Gasteiger partial charge in [-0.25, -0.2) is 26.9 Å². The van der Waals surface area contributed by atoms with Crippen LogP contribution in [0.15, 0.2) is 35.4 Å². The summed E-state index contributed by atoms with van der Waals surface area (Å²) in [7, 11) is -3.94. The van der Waals surface area contributed by atoms with Gasteiger partial charge in [0, 0.05) is 24.4 Å². The van der Waals surface area contributed by atoms with Crippen molar-refractivity contribution in [3.05, 3.63) is 57.8 Å². The molecule has 2 aromatic rings. The van der Waals surface area contributed by atoms with E-state index in [2.05, 4.69) is 9.71 Å². The monoisotopic (exact) mass is 352 g/mol. The fourth-order valence-corrected chi connectivity index (χ4v) is 2.78. The number of hydrogen-bond donors (Lipinski definition) is 1. The smallest absolute Gasteiger partial charge is 0.242 e. The van der Waals surface area contributed by atoms with E-state index in [1.54, 1.807) is 0 Å². The molecule has 1 N–H and O–H groups in total. The highest BCUT2D eigenvalue weighted by Gasteiger charge is 2.17. The predicted octanol–water partition coefficient (Wildman–Crippen LogP) is 3.15. The first-order chi connectivity index (χ1) is 9.79. The topological polar surface area (TPSA) is 59.1 Å². The van der Waals surface area contributed by atoms with Crippen molar-refractivity contribution in [2.45, 2.75) is 11.4 Å². The van der Waals surface area contributed by atoms with Crippen LogP contribution in [-0.4, -0.2) is 13.4 Å². The van der Waals surface area contributed by atoms with Gasteiger partial charge in [-0.1, -0.05) is 29.3 Å². The summed E-state index contributed by atoms with van der Waals surface area (Å²) in [6, 6.07) is 3.98. The van der Waals surface area contributed by atoms with Gasteiger partial charge in [0.2, 0.25) is 10.0 Å². The second-order valence-electron chi connectivity index (χ2n) is 4.00. The van der Waals surface area contributed by atoms with Crippen molar-refractivity contribution in [3.8, 4) is 0 Å². The van der Waals surface area contributed by atoms with Crippen molar-refractivity contribution in [3.63, 3.8) is 0 Å². The summed E-state index contributed by atoms with van der Waals surface area (Å²) >= 11 is 11.3. The highest BCUT2D eigenvalue weighted by molar-refractivity contribution is 7.89. The molecule has 0 amide bonds. The van der Waals surface area contributed by atoms with Gasteiger partial charge in [-0.15, -0.1) is 0 Å². The van der Waals surface area contributed by atoms with Gasteiger partial charge < -0.3 is 0 Å². The highest BCUT2D eigenvalue weighted by atomic mass is 35.5. The van der Waals surface area contributed by atoms with E-state index < -0.39 is 21.7 Å². The number of benzene rings is 1. The number of aromatic nitrogens is 1. The summed E-state index contributed by atoms with van der Waals surface area (Å²) < 4.78 is 52.3. The number of nitrogens with zero attached hydrogens (tertiary/aromatic N) is 1. The van der Waals surface area contributed by atoms with Gasteiger partial charge in [0.15, 0.2) is 0 Å². The molecule has 1 aromatic heterocycles. The zero-order valence-corrected chi connectivity index (χ0v) is 12.6. The Balaban J connectivity index is 2.19. The number of halogens is 4. The zero-order valence-electron chi connectivity index (χ0n) is 10.3. The van der Waals surface area contributed by atoms with E-state index in [-0.39, 0.29) is 27.2 Å². The normalized spacial score (nSPS) is 11.6. The second-order valence-corrected chi connectivity index (χ2v) is 6.54. The first-order valence-electron chi connectivity index (χ1n) is 5.54. The molecule has 0 unspecified atom stereocenters. The van der Waals surface area contributed by atoms with Crippen LogP contribution in [0.25, 0.3) is 0 Å². The van der Waals surface area contributed by atoms with E-state index in [1.165, 1.54) is 0 Å². The number of rotatable bonds is 4.